The van der Waals surface area contributed by atoms with Crippen LogP contribution in [-0.4, -0.2) is 29.4 Å². The molecule has 2 N–H and O–H groups in total. The number of hydrogen-bond donors (Lipinski definition) is 1. The fraction of sp³-hybridized carbons (Fsp3) is 0.667. The van der Waals surface area contributed by atoms with E-state index < -0.39 is 11.9 Å². The molecule has 0 aromatic carbocycles. The number of carbonyl (C=O) groups is 2. The molecule has 1 aliphatic heterocycles. The Morgan fingerprint density at radius 3 is 3.09 bits per heavy atom. The van der Waals surface area contributed by atoms with Crippen molar-refractivity contribution in [3.8, 4) is 0 Å². The third-order valence-corrected chi connectivity index (χ3v) is 2.47. The average molecular weight is 173 g/mol. The monoisotopic (exact) mass is 173 g/mol. The van der Waals surface area contributed by atoms with Crippen LogP contribution in [0.2, 0.25) is 0 Å². The molecule has 61 valence electrons. The first kappa shape index (κ1) is 8.39. The fourth-order valence-corrected chi connectivity index (χ4v) is 1.78. The Morgan fingerprint density at radius 1 is 1.73 bits per heavy atom. The van der Waals surface area contributed by atoms with E-state index >= 15 is 0 Å². The van der Waals surface area contributed by atoms with Gasteiger partial charge in [0.2, 0.25) is 5.91 Å². The molecule has 0 aromatic heterocycles. The van der Waals surface area contributed by atoms with E-state index in [4.69, 9.17) is 5.73 Å². The third-order valence-electron chi connectivity index (χ3n) is 1.41. The van der Waals surface area contributed by atoms with Crippen LogP contribution in [0.25, 0.3) is 0 Å². The Bertz CT molecular complexity index is 183. The van der Waals surface area contributed by atoms with E-state index in [1.54, 1.807) is 0 Å². The highest BCUT2D eigenvalue weighted by atomic mass is 32.2. The summed E-state index contributed by atoms with van der Waals surface area (Å²) in [4.78, 5) is 21.4. The SMILES string of the molecule is [NH]C(=O)C1CSCCC(=O)N1. The van der Waals surface area contributed by atoms with Crippen molar-refractivity contribution < 1.29 is 9.59 Å². The minimum absolute atomic E-state index is 0.124. The standard InChI is InChI=1S/C6H9N2O2S/c7-6(10)4-3-11-2-1-5(9)8-4/h4,7H,1-3H2,(H,8,9). The highest BCUT2D eigenvalue weighted by Gasteiger charge is 2.21. The van der Waals surface area contributed by atoms with Gasteiger partial charge in [0.1, 0.15) is 6.04 Å². The first-order valence-corrected chi connectivity index (χ1v) is 4.48. The van der Waals surface area contributed by atoms with Crippen molar-refractivity contribution in [3.63, 3.8) is 0 Å². The Hall–Kier alpha value is -0.710. The van der Waals surface area contributed by atoms with Gasteiger partial charge in [-0.1, -0.05) is 0 Å². The molecular weight excluding hydrogens is 164 g/mol. The third kappa shape index (κ3) is 2.42. The van der Waals surface area contributed by atoms with Crippen molar-refractivity contribution in [2.24, 2.45) is 0 Å². The van der Waals surface area contributed by atoms with Gasteiger partial charge in [0.25, 0.3) is 5.91 Å². The Labute approximate surface area is 68.9 Å². The second-order valence-electron chi connectivity index (χ2n) is 2.31. The van der Waals surface area contributed by atoms with Crippen molar-refractivity contribution >= 4 is 23.6 Å². The molecule has 0 aromatic rings. The number of rotatable bonds is 1. The second-order valence-corrected chi connectivity index (χ2v) is 3.46. The summed E-state index contributed by atoms with van der Waals surface area (Å²) in [5, 5.41) is 2.48. The number of hydrogen-bond acceptors (Lipinski definition) is 3. The summed E-state index contributed by atoms with van der Waals surface area (Å²) in [6.45, 7) is 0. The second kappa shape index (κ2) is 3.61. The summed E-state index contributed by atoms with van der Waals surface area (Å²) >= 11 is 1.53. The summed E-state index contributed by atoms with van der Waals surface area (Å²) < 4.78 is 0. The van der Waals surface area contributed by atoms with E-state index in [-0.39, 0.29) is 5.91 Å². The molecule has 0 aliphatic carbocycles. The molecule has 1 heterocycles. The molecular formula is C6H9N2O2S. The maximum absolute atomic E-state index is 10.8. The molecule has 5 heteroatoms. The van der Waals surface area contributed by atoms with Crippen LogP contribution in [-0.2, 0) is 9.59 Å². The minimum Gasteiger partial charge on any atom is -0.343 e. The lowest BCUT2D eigenvalue weighted by atomic mass is 10.3. The van der Waals surface area contributed by atoms with Crippen LogP contribution in [0.5, 0.6) is 0 Å². The highest BCUT2D eigenvalue weighted by molar-refractivity contribution is 7.99. The lowest BCUT2D eigenvalue weighted by Gasteiger charge is -2.08. The van der Waals surface area contributed by atoms with Crippen LogP contribution in [0.1, 0.15) is 6.42 Å². The quantitative estimate of drug-likeness (QED) is 0.576. The van der Waals surface area contributed by atoms with E-state index in [2.05, 4.69) is 5.32 Å². The molecule has 4 nitrogen and oxygen atoms in total. The zero-order valence-corrected chi connectivity index (χ0v) is 6.74. The zero-order chi connectivity index (χ0) is 8.27. The van der Waals surface area contributed by atoms with E-state index in [9.17, 15) is 9.59 Å². The van der Waals surface area contributed by atoms with Gasteiger partial charge in [0.15, 0.2) is 0 Å². The van der Waals surface area contributed by atoms with Gasteiger partial charge in [0.05, 0.1) is 0 Å². The molecule has 1 saturated heterocycles. The average Bonchev–Trinajstić information content (AvgIpc) is 2.13. The van der Waals surface area contributed by atoms with E-state index in [1.165, 1.54) is 11.8 Å². The van der Waals surface area contributed by atoms with Crippen molar-refractivity contribution in [3.05, 3.63) is 0 Å². The lowest BCUT2D eigenvalue weighted by molar-refractivity contribution is -0.126. The summed E-state index contributed by atoms with van der Waals surface area (Å²) in [5.41, 5.74) is 6.79. The van der Waals surface area contributed by atoms with Gasteiger partial charge in [-0.05, 0) is 0 Å². The van der Waals surface area contributed by atoms with Crippen molar-refractivity contribution in [1.82, 2.24) is 11.1 Å². The molecule has 0 bridgehead atoms. The number of thioether (sulfide) groups is 1. The van der Waals surface area contributed by atoms with Crippen LogP contribution < -0.4 is 11.1 Å². The molecule has 0 spiro atoms. The Kier molecular flexibility index (Phi) is 2.76. The molecule has 0 saturated carbocycles. The first-order chi connectivity index (χ1) is 5.20. The highest BCUT2D eigenvalue weighted by Crippen LogP contribution is 2.09. The number of amides is 2. The van der Waals surface area contributed by atoms with Crippen LogP contribution >= 0.6 is 11.8 Å². The smallest absolute Gasteiger partial charge is 0.261 e. The van der Waals surface area contributed by atoms with E-state index in [0.717, 1.165) is 5.75 Å². The van der Waals surface area contributed by atoms with Gasteiger partial charge >= 0.3 is 0 Å². The lowest BCUT2D eigenvalue weighted by Crippen LogP contribution is -2.41. The maximum Gasteiger partial charge on any atom is 0.261 e. The molecule has 1 rings (SSSR count). The van der Waals surface area contributed by atoms with Gasteiger partial charge in [-0.2, -0.15) is 11.8 Å². The number of nitrogens with one attached hydrogen (secondary N) is 2. The van der Waals surface area contributed by atoms with Crippen LogP contribution in [0.3, 0.4) is 0 Å². The molecule has 1 unspecified atom stereocenters. The van der Waals surface area contributed by atoms with E-state index in [0.29, 0.717) is 12.2 Å². The summed E-state index contributed by atoms with van der Waals surface area (Å²) in [7, 11) is 0. The van der Waals surface area contributed by atoms with Crippen molar-refractivity contribution in [2.45, 2.75) is 12.5 Å². The predicted octanol–water partition coefficient (Wildman–Crippen LogP) is -0.582. The van der Waals surface area contributed by atoms with Crippen molar-refractivity contribution in [2.75, 3.05) is 11.5 Å². The molecule has 1 radical (unpaired) electrons. The summed E-state index contributed by atoms with van der Waals surface area (Å²) in [6.07, 6.45) is 0.453. The van der Waals surface area contributed by atoms with Crippen LogP contribution in [0.15, 0.2) is 0 Å². The van der Waals surface area contributed by atoms with E-state index in [1.807, 2.05) is 0 Å². The molecule has 2 amide bonds. The number of carbonyl (C=O) groups excluding carboxylic acids is 2. The fourth-order valence-electron chi connectivity index (χ4n) is 0.815. The van der Waals surface area contributed by atoms with Gasteiger partial charge in [-0.25, -0.2) is 0 Å². The maximum atomic E-state index is 10.8. The summed E-state index contributed by atoms with van der Waals surface area (Å²) in [6, 6.07) is -0.588. The largest absolute Gasteiger partial charge is 0.343 e. The Balaban J connectivity index is 2.52. The molecule has 11 heavy (non-hydrogen) atoms. The van der Waals surface area contributed by atoms with Gasteiger partial charge in [-0.3, -0.25) is 15.3 Å². The normalized spacial score (nSPS) is 25.5. The molecule has 1 aliphatic rings. The zero-order valence-electron chi connectivity index (χ0n) is 5.92. The minimum atomic E-state index is -0.701. The summed E-state index contributed by atoms with van der Waals surface area (Å²) in [5.74, 6) is 0.456. The first-order valence-electron chi connectivity index (χ1n) is 3.32. The van der Waals surface area contributed by atoms with Gasteiger partial charge in [0, 0.05) is 17.9 Å². The van der Waals surface area contributed by atoms with Crippen molar-refractivity contribution in [1.29, 1.82) is 0 Å². The van der Waals surface area contributed by atoms with Gasteiger partial charge < -0.3 is 5.32 Å². The topological polar surface area (TPSA) is 70.0 Å². The van der Waals surface area contributed by atoms with Crippen LogP contribution in [0.4, 0.5) is 0 Å². The predicted molar refractivity (Wildman–Crippen MR) is 42.0 cm³/mol. The van der Waals surface area contributed by atoms with Crippen LogP contribution in [0, 0.1) is 0 Å². The molecule has 1 fully saturated rings. The van der Waals surface area contributed by atoms with Gasteiger partial charge in [-0.15, -0.1) is 0 Å². The molecule has 1 atom stereocenters. The Morgan fingerprint density at radius 2 is 2.45 bits per heavy atom.